The van der Waals surface area contributed by atoms with Crippen LogP contribution in [0.2, 0.25) is 0 Å². The summed E-state index contributed by atoms with van der Waals surface area (Å²) in [4.78, 5) is -0.341. The van der Waals surface area contributed by atoms with Gasteiger partial charge in [0, 0.05) is 5.56 Å². The average molecular weight is 286 g/mol. The van der Waals surface area contributed by atoms with Crippen LogP contribution in [0.4, 0.5) is 0 Å². The van der Waals surface area contributed by atoms with Gasteiger partial charge in [0.15, 0.2) is 0 Å². The van der Waals surface area contributed by atoms with Crippen molar-refractivity contribution < 1.29 is 47.3 Å². The van der Waals surface area contributed by atoms with Crippen LogP contribution in [0, 0.1) is 0 Å². The first kappa shape index (κ1) is 16.2. The summed E-state index contributed by atoms with van der Waals surface area (Å²) in [5.41, 5.74) is 1.37. The van der Waals surface area contributed by atoms with Gasteiger partial charge in [-0.2, -0.15) is 0 Å². The predicted molar refractivity (Wildman–Crippen MR) is 66.4 cm³/mol. The zero-order valence-corrected chi connectivity index (χ0v) is 13.5. The third kappa shape index (κ3) is 3.58. The van der Waals surface area contributed by atoms with Gasteiger partial charge in [0.1, 0.15) is 15.9 Å². The Morgan fingerprint density at radius 3 is 2.16 bits per heavy atom. The standard InChI is InChI=1S/C13H12O4S.Na/c1-17-13-11(10-6-3-2-4-7-10)8-5-9-12(13)18(14,15)16;/h2-9H,1H3,(H,14,15,16);/q;+1/p-1. The van der Waals surface area contributed by atoms with Crippen molar-refractivity contribution in [3.63, 3.8) is 0 Å². The zero-order valence-electron chi connectivity index (χ0n) is 10.7. The Kier molecular flexibility index (Phi) is 5.58. The molecule has 0 aromatic heterocycles. The molecule has 2 aromatic carbocycles. The summed E-state index contributed by atoms with van der Waals surface area (Å²) in [6.07, 6.45) is 0. The van der Waals surface area contributed by atoms with Crippen molar-refractivity contribution in [2.24, 2.45) is 0 Å². The van der Waals surface area contributed by atoms with Gasteiger partial charge in [-0.1, -0.05) is 42.5 Å². The van der Waals surface area contributed by atoms with Crippen LogP contribution in [-0.4, -0.2) is 20.1 Å². The molecule has 2 aromatic rings. The van der Waals surface area contributed by atoms with E-state index in [1.54, 1.807) is 6.07 Å². The maximum Gasteiger partial charge on any atom is 1.00 e. The SMILES string of the molecule is COc1c(-c2ccccc2)cccc1S(=O)(=O)[O-].[Na+]. The Morgan fingerprint density at radius 2 is 1.63 bits per heavy atom. The van der Waals surface area contributed by atoms with Crippen molar-refractivity contribution in [3.8, 4) is 16.9 Å². The topological polar surface area (TPSA) is 66.4 Å². The minimum atomic E-state index is -4.55. The first-order valence-corrected chi connectivity index (χ1v) is 6.63. The van der Waals surface area contributed by atoms with E-state index in [4.69, 9.17) is 4.74 Å². The molecule has 0 spiro atoms. The van der Waals surface area contributed by atoms with E-state index in [9.17, 15) is 13.0 Å². The Labute approximate surface area is 134 Å². The minimum Gasteiger partial charge on any atom is -0.744 e. The maximum atomic E-state index is 11.2. The minimum absolute atomic E-state index is 0. The summed E-state index contributed by atoms with van der Waals surface area (Å²) >= 11 is 0. The maximum absolute atomic E-state index is 11.2. The van der Waals surface area contributed by atoms with E-state index in [0.717, 1.165) is 5.56 Å². The van der Waals surface area contributed by atoms with Crippen LogP contribution in [0.15, 0.2) is 53.4 Å². The van der Waals surface area contributed by atoms with Gasteiger partial charge in [-0.3, -0.25) is 0 Å². The molecule has 0 radical (unpaired) electrons. The Hall–Kier alpha value is -0.850. The van der Waals surface area contributed by atoms with Gasteiger partial charge in [0.25, 0.3) is 0 Å². The van der Waals surface area contributed by atoms with Crippen LogP contribution in [0.1, 0.15) is 0 Å². The summed E-state index contributed by atoms with van der Waals surface area (Å²) in [7, 11) is -3.21. The molecule has 0 aliphatic rings. The summed E-state index contributed by atoms with van der Waals surface area (Å²) in [6.45, 7) is 0. The largest absolute Gasteiger partial charge is 1.00 e. The van der Waals surface area contributed by atoms with E-state index >= 15 is 0 Å². The monoisotopic (exact) mass is 286 g/mol. The second-order valence-electron chi connectivity index (χ2n) is 3.66. The van der Waals surface area contributed by atoms with Crippen molar-refractivity contribution in [1.82, 2.24) is 0 Å². The van der Waals surface area contributed by atoms with Crippen molar-refractivity contribution >= 4 is 10.1 Å². The Morgan fingerprint density at radius 1 is 1.00 bits per heavy atom. The third-order valence-electron chi connectivity index (χ3n) is 2.54. The molecule has 94 valence electrons. The van der Waals surface area contributed by atoms with Crippen molar-refractivity contribution in [2.75, 3.05) is 7.11 Å². The first-order chi connectivity index (χ1) is 8.54. The van der Waals surface area contributed by atoms with E-state index in [1.807, 2.05) is 30.3 Å². The second kappa shape index (κ2) is 6.54. The van der Waals surface area contributed by atoms with E-state index in [0.29, 0.717) is 5.56 Å². The van der Waals surface area contributed by atoms with Gasteiger partial charge >= 0.3 is 29.6 Å². The summed E-state index contributed by atoms with van der Waals surface area (Å²) in [5, 5.41) is 0. The molecule has 0 aliphatic carbocycles. The first-order valence-electron chi connectivity index (χ1n) is 5.22. The Balaban J connectivity index is 0.00000180. The van der Waals surface area contributed by atoms with E-state index in [2.05, 4.69) is 0 Å². The van der Waals surface area contributed by atoms with E-state index < -0.39 is 10.1 Å². The smallest absolute Gasteiger partial charge is 0.744 e. The van der Waals surface area contributed by atoms with Crippen molar-refractivity contribution in [3.05, 3.63) is 48.5 Å². The van der Waals surface area contributed by atoms with Crippen LogP contribution in [-0.2, 0) is 10.1 Å². The van der Waals surface area contributed by atoms with Gasteiger partial charge in [-0.05, 0) is 11.6 Å². The molecular formula is C13H11NaO4S. The molecule has 0 bridgehead atoms. The molecule has 0 atom stereocenters. The van der Waals surface area contributed by atoms with Crippen LogP contribution >= 0.6 is 0 Å². The molecule has 0 saturated carbocycles. The van der Waals surface area contributed by atoms with Crippen LogP contribution in [0.25, 0.3) is 11.1 Å². The third-order valence-corrected chi connectivity index (χ3v) is 3.40. The van der Waals surface area contributed by atoms with Gasteiger partial charge in [0.2, 0.25) is 0 Å². The van der Waals surface area contributed by atoms with Crippen LogP contribution in [0.3, 0.4) is 0 Å². The van der Waals surface area contributed by atoms with E-state index in [1.165, 1.54) is 19.2 Å². The average Bonchev–Trinajstić information content (AvgIpc) is 2.37. The number of hydrogen-bond acceptors (Lipinski definition) is 4. The molecule has 0 saturated heterocycles. The van der Waals surface area contributed by atoms with Crippen LogP contribution < -0.4 is 34.3 Å². The van der Waals surface area contributed by atoms with Crippen LogP contribution in [0.5, 0.6) is 5.75 Å². The molecule has 19 heavy (non-hydrogen) atoms. The number of ether oxygens (including phenoxy) is 1. The second-order valence-corrected chi connectivity index (χ2v) is 5.01. The predicted octanol–water partition coefficient (Wildman–Crippen LogP) is -0.730. The molecule has 0 heterocycles. The fourth-order valence-electron chi connectivity index (χ4n) is 1.77. The fraction of sp³-hybridized carbons (Fsp3) is 0.0769. The summed E-state index contributed by atoms with van der Waals surface area (Å²) < 4.78 is 38.6. The molecule has 2 rings (SSSR count). The molecule has 0 N–H and O–H groups in total. The number of hydrogen-bond donors (Lipinski definition) is 0. The van der Waals surface area contributed by atoms with Crippen molar-refractivity contribution in [1.29, 1.82) is 0 Å². The molecule has 0 unspecified atom stereocenters. The number of rotatable bonds is 3. The van der Waals surface area contributed by atoms with Gasteiger partial charge in [-0.15, -0.1) is 0 Å². The number of para-hydroxylation sites is 1. The van der Waals surface area contributed by atoms with Gasteiger partial charge in [0.05, 0.1) is 12.0 Å². The molecule has 0 amide bonds. The van der Waals surface area contributed by atoms with Gasteiger partial charge in [-0.25, -0.2) is 8.42 Å². The summed E-state index contributed by atoms with van der Waals surface area (Å²) in [6, 6.07) is 13.6. The molecule has 4 nitrogen and oxygen atoms in total. The zero-order chi connectivity index (χ0) is 13.2. The normalized spacial score (nSPS) is 10.6. The number of benzene rings is 2. The van der Waals surface area contributed by atoms with Gasteiger partial charge < -0.3 is 9.29 Å². The molecule has 0 fully saturated rings. The Bertz CT molecular complexity index is 654. The molecule has 6 heteroatoms. The fourth-order valence-corrected chi connectivity index (χ4v) is 2.43. The molecular weight excluding hydrogens is 275 g/mol. The quantitative estimate of drug-likeness (QED) is 0.551. The van der Waals surface area contributed by atoms with Crippen molar-refractivity contribution in [2.45, 2.75) is 4.90 Å². The number of methoxy groups -OCH3 is 1. The molecule has 0 aliphatic heterocycles. The van der Waals surface area contributed by atoms with E-state index in [-0.39, 0.29) is 40.2 Å². The summed E-state index contributed by atoms with van der Waals surface area (Å²) in [5.74, 6) is 0.0821.